The number of hydrogen-bond donors (Lipinski definition) is 2. The number of aliphatic carboxylic acids is 1. The third-order valence-corrected chi connectivity index (χ3v) is 5.32. The fourth-order valence-corrected chi connectivity index (χ4v) is 3.99. The number of alkyl halides is 2. The van der Waals surface area contributed by atoms with Gasteiger partial charge in [-0.1, -0.05) is 19.1 Å². The minimum atomic E-state index is -3.48. The van der Waals surface area contributed by atoms with Gasteiger partial charge in [-0.2, -0.15) is 8.78 Å². The summed E-state index contributed by atoms with van der Waals surface area (Å²) in [5, 5.41) is 8.73. The minimum Gasteiger partial charge on any atom is -0.481 e. The van der Waals surface area contributed by atoms with E-state index in [4.69, 9.17) is 14.6 Å². The Bertz CT molecular complexity index is 1310. The summed E-state index contributed by atoms with van der Waals surface area (Å²) < 4.78 is 76.6. The maximum Gasteiger partial charge on any atom is 0.387 e. The molecular formula is C22H21F3N2O6S. The predicted molar refractivity (Wildman–Crippen MR) is 119 cm³/mol. The third kappa shape index (κ3) is 6.07. The van der Waals surface area contributed by atoms with Crippen LogP contribution in [0, 0.1) is 5.82 Å². The number of benzene rings is 2. The Morgan fingerprint density at radius 1 is 1.18 bits per heavy atom. The highest BCUT2D eigenvalue weighted by Crippen LogP contribution is 2.40. The first-order valence-corrected chi connectivity index (χ1v) is 11.9. The molecule has 34 heavy (non-hydrogen) atoms. The van der Waals surface area contributed by atoms with E-state index in [1.807, 2.05) is 0 Å². The standard InChI is InChI=1S/C22H21F3N2O6S/c1-3-16-14(10-12-4-6-13(7-5-12)27-34(2,30)31)21(33-22(24)25)19-17(32-11-18(28)29)9-8-15(23)20(19)26-16/h4-9,22,27H,3,10-11H2,1-2H3,(H,28,29). The van der Waals surface area contributed by atoms with Crippen LogP contribution in [0.2, 0.25) is 0 Å². The molecule has 0 spiro atoms. The first-order valence-electron chi connectivity index (χ1n) is 9.98. The highest BCUT2D eigenvalue weighted by Gasteiger charge is 2.24. The van der Waals surface area contributed by atoms with Crippen molar-refractivity contribution >= 4 is 32.6 Å². The van der Waals surface area contributed by atoms with Gasteiger partial charge in [0.05, 0.1) is 11.6 Å². The number of nitrogens with zero attached hydrogens (tertiary/aromatic N) is 1. The van der Waals surface area contributed by atoms with E-state index in [1.165, 1.54) is 12.1 Å². The lowest BCUT2D eigenvalue weighted by molar-refractivity contribution is -0.139. The van der Waals surface area contributed by atoms with E-state index in [1.54, 1.807) is 19.1 Å². The van der Waals surface area contributed by atoms with Crippen molar-refractivity contribution < 1.29 is 41.0 Å². The lowest BCUT2D eigenvalue weighted by Gasteiger charge is -2.19. The smallest absolute Gasteiger partial charge is 0.387 e. The summed E-state index contributed by atoms with van der Waals surface area (Å²) in [5.74, 6) is -2.65. The van der Waals surface area contributed by atoms with Gasteiger partial charge in [0.1, 0.15) is 22.8 Å². The van der Waals surface area contributed by atoms with Crippen LogP contribution in [-0.2, 0) is 27.7 Å². The molecule has 0 radical (unpaired) electrons. The van der Waals surface area contributed by atoms with Crippen LogP contribution >= 0.6 is 0 Å². The number of carboxylic acid groups (broad SMARTS) is 1. The zero-order valence-electron chi connectivity index (χ0n) is 18.1. The number of ether oxygens (including phenoxy) is 2. The third-order valence-electron chi connectivity index (χ3n) is 4.72. The molecule has 182 valence electrons. The number of carboxylic acids is 1. The van der Waals surface area contributed by atoms with E-state index in [2.05, 4.69) is 9.71 Å². The van der Waals surface area contributed by atoms with Crippen LogP contribution < -0.4 is 14.2 Å². The van der Waals surface area contributed by atoms with Crippen LogP contribution in [0.4, 0.5) is 18.9 Å². The van der Waals surface area contributed by atoms with Gasteiger partial charge in [-0.25, -0.2) is 22.6 Å². The maximum absolute atomic E-state index is 14.6. The molecule has 0 saturated heterocycles. The Morgan fingerprint density at radius 3 is 2.41 bits per heavy atom. The molecular weight excluding hydrogens is 477 g/mol. The number of sulfonamides is 1. The fraction of sp³-hybridized carbons (Fsp3) is 0.273. The first kappa shape index (κ1) is 25.1. The summed E-state index contributed by atoms with van der Waals surface area (Å²) in [6, 6.07) is 8.33. The van der Waals surface area contributed by atoms with Crippen LogP contribution in [0.3, 0.4) is 0 Å². The summed E-state index contributed by atoms with van der Waals surface area (Å²) in [6.45, 7) is -2.33. The highest BCUT2D eigenvalue weighted by molar-refractivity contribution is 7.92. The number of rotatable bonds is 10. The van der Waals surface area contributed by atoms with Gasteiger partial charge < -0.3 is 14.6 Å². The van der Waals surface area contributed by atoms with E-state index >= 15 is 0 Å². The van der Waals surface area contributed by atoms with E-state index in [0.717, 1.165) is 18.4 Å². The molecule has 8 nitrogen and oxygen atoms in total. The average Bonchev–Trinajstić information content (AvgIpc) is 2.74. The number of halogens is 3. The SMILES string of the molecule is CCc1nc2c(F)ccc(OCC(=O)O)c2c(OC(F)F)c1Cc1ccc(NS(C)(=O)=O)cc1. The van der Waals surface area contributed by atoms with Gasteiger partial charge in [-0.05, 0) is 36.2 Å². The number of fused-ring (bicyclic) bond motifs is 1. The molecule has 0 fully saturated rings. The van der Waals surface area contributed by atoms with Gasteiger partial charge in [-0.15, -0.1) is 0 Å². The van der Waals surface area contributed by atoms with Crippen LogP contribution in [0.25, 0.3) is 10.9 Å². The molecule has 0 bridgehead atoms. The van der Waals surface area contributed by atoms with Gasteiger partial charge in [0.15, 0.2) is 6.61 Å². The number of aryl methyl sites for hydroxylation is 1. The fourth-order valence-electron chi connectivity index (χ4n) is 3.42. The van der Waals surface area contributed by atoms with Gasteiger partial charge in [-0.3, -0.25) is 4.72 Å². The zero-order chi connectivity index (χ0) is 25.0. The normalized spacial score (nSPS) is 11.6. The van der Waals surface area contributed by atoms with E-state index in [-0.39, 0.29) is 40.8 Å². The molecule has 1 heterocycles. The first-order chi connectivity index (χ1) is 16.0. The summed E-state index contributed by atoms with van der Waals surface area (Å²) in [4.78, 5) is 15.2. The maximum atomic E-state index is 14.6. The Morgan fingerprint density at radius 2 is 1.85 bits per heavy atom. The van der Waals surface area contributed by atoms with Crippen molar-refractivity contribution in [1.29, 1.82) is 0 Å². The molecule has 0 aliphatic rings. The van der Waals surface area contributed by atoms with Crippen molar-refractivity contribution in [3.8, 4) is 11.5 Å². The van der Waals surface area contributed by atoms with Gasteiger partial charge >= 0.3 is 12.6 Å². The number of nitrogens with one attached hydrogen (secondary N) is 1. The summed E-state index contributed by atoms with van der Waals surface area (Å²) in [6.07, 6.45) is 1.31. The second-order valence-electron chi connectivity index (χ2n) is 7.30. The largest absolute Gasteiger partial charge is 0.481 e. The predicted octanol–water partition coefficient (Wildman–Crippen LogP) is 3.96. The number of aromatic nitrogens is 1. The van der Waals surface area contributed by atoms with Crippen molar-refractivity contribution in [3.63, 3.8) is 0 Å². The van der Waals surface area contributed by atoms with Crippen molar-refractivity contribution in [2.24, 2.45) is 0 Å². The van der Waals surface area contributed by atoms with E-state index in [0.29, 0.717) is 16.9 Å². The summed E-state index contributed by atoms with van der Waals surface area (Å²) in [5.41, 5.74) is 1.18. The number of hydrogen-bond acceptors (Lipinski definition) is 6. The van der Waals surface area contributed by atoms with Gasteiger partial charge in [0.2, 0.25) is 10.0 Å². The van der Waals surface area contributed by atoms with Crippen LogP contribution in [0.1, 0.15) is 23.7 Å². The molecule has 0 saturated carbocycles. The minimum absolute atomic E-state index is 0.0439. The van der Waals surface area contributed by atoms with Gasteiger partial charge in [0, 0.05) is 23.4 Å². The lowest BCUT2D eigenvalue weighted by atomic mass is 9.98. The summed E-state index contributed by atoms with van der Waals surface area (Å²) >= 11 is 0. The van der Waals surface area contributed by atoms with Crippen molar-refractivity contribution in [1.82, 2.24) is 4.98 Å². The van der Waals surface area contributed by atoms with Crippen molar-refractivity contribution in [2.75, 3.05) is 17.6 Å². The second-order valence-corrected chi connectivity index (χ2v) is 9.05. The Labute approximate surface area is 193 Å². The average molecular weight is 498 g/mol. The summed E-state index contributed by atoms with van der Waals surface area (Å²) in [7, 11) is -3.48. The lowest BCUT2D eigenvalue weighted by Crippen LogP contribution is -2.13. The Hall–Kier alpha value is -3.54. The number of anilines is 1. The molecule has 0 atom stereocenters. The van der Waals surface area contributed by atoms with Crippen molar-refractivity contribution in [2.45, 2.75) is 26.4 Å². The molecule has 2 N–H and O–H groups in total. The quantitative estimate of drug-likeness (QED) is 0.435. The molecule has 1 aromatic heterocycles. The molecule has 12 heteroatoms. The molecule has 0 amide bonds. The molecule has 3 aromatic rings. The number of carbonyl (C=O) groups is 1. The van der Waals surface area contributed by atoms with E-state index in [9.17, 15) is 26.4 Å². The zero-order valence-corrected chi connectivity index (χ0v) is 19.0. The van der Waals surface area contributed by atoms with Crippen molar-refractivity contribution in [3.05, 3.63) is 59.0 Å². The van der Waals surface area contributed by atoms with Gasteiger partial charge in [0.25, 0.3) is 0 Å². The molecule has 3 rings (SSSR count). The molecule has 2 aromatic carbocycles. The Balaban J connectivity index is 2.17. The monoisotopic (exact) mass is 498 g/mol. The number of pyridine rings is 1. The molecule has 0 aliphatic carbocycles. The van der Waals surface area contributed by atoms with Crippen LogP contribution in [0.5, 0.6) is 11.5 Å². The second kappa shape index (κ2) is 10.2. The highest BCUT2D eigenvalue weighted by atomic mass is 32.2. The van der Waals surface area contributed by atoms with E-state index < -0.39 is 35.0 Å². The molecule has 0 unspecified atom stereocenters. The Kier molecular flexibility index (Phi) is 7.50. The van der Waals surface area contributed by atoms with Crippen LogP contribution in [0.15, 0.2) is 36.4 Å². The topological polar surface area (TPSA) is 115 Å². The van der Waals surface area contributed by atoms with Crippen LogP contribution in [-0.4, -0.2) is 44.0 Å². The molecule has 0 aliphatic heterocycles.